The summed E-state index contributed by atoms with van der Waals surface area (Å²) in [5, 5.41) is 6.74. The highest BCUT2D eigenvalue weighted by Gasteiger charge is 1.97. The van der Waals surface area contributed by atoms with Crippen LogP contribution in [0.3, 0.4) is 0 Å². The number of hydrogen-bond acceptors (Lipinski definition) is 2. The van der Waals surface area contributed by atoms with E-state index in [2.05, 4.69) is 49.6 Å². The summed E-state index contributed by atoms with van der Waals surface area (Å²) in [4.78, 5) is 0. The first-order chi connectivity index (χ1) is 7.24. The molecule has 0 aliphatic heterocycles. The van der Waals surface area contributed by atoms with Crippen molar-refractivity contribution >= 4 is 0 Å². The van der Waals surface area contributed by atoms with E-state index >= 15 is 0 Å². The van der Waals surface area contributed by atoms with E-state index in [4.69, 9.17) is 0 Å². The van der Waals surface area contributed by atoms with Crippen LogP contribution in [0.5, 0.6) is 0 Å². The van der Waals surface area contributed by atoms with Gasteiger partial charge in [0.25, 0.3) is 0 Å². The fourth-order valence-electron chi connectivity index (χ4n) is 1.57. The van der Waals surface area contributed by atoms with Crippen LogP contribution in [-0.2, 0) is 6.54 Å². The van der Waals surface area contributed by atoms with Gasteiger partial charge in [0.1, 0.15) is 0 Å². The Hall–Kier alpha value is -0.860. The van der Waals surface area contributed by atoms with E-state index in [1.165, 1.54) is 16.7 Å². The summed E-state index contributed by atoms with van der Waals surface area (Å²) in [6, 6.07) is 6.61. The topological polar surface area (TPSA) is 24.1 Å². The second kappa shape index (κ2) is 6.59. The van der Waals surface area contributed by atoms with E-state index in [0.29, 0.717) is 0 Å². The summed E-state index contributed by atoms with van der Waals surface area (Å²) in [6.07, 6.45) is 0. The van der Waals surface area contributed by atoms with E-state index in [9.17, 15) is 0 Å². The van der Waals surface area contributed by atoms with Crippen LogP contribution in [-0.4, -0.2) is 19.6 Å². The Morgan fingerprint density at radius 2 is 1.80 bits per heavy atom. The van der Waals surface area contributed by atoms with Gasteiger partial charge in [-0.3, -0.25) is 0 Å². The number of hydrogen-bond donors (Lipinski definition) is 2. The van der Waals surface area contributed by atoms with Crippen molar-refractivity contribution < 1.29 is 0 Å². The normalized spacial score (nSPS) is 10.6. The van der Waals surface area contributed by atoms with Gasteiger partial charge in [-0.25, -0.2) is 0 Å². The summed E-state index contributed by atoms with van der Waals surface area (Å²) >= 11 is 0. The van der Waals surface area contributed by atoms with Crippen LogP contribution in [0.15, 0.2) is 18.2 Å². The van der Waals surface area contributed by atoms with E-state index in [1.54, 1.807) is 0 Å². The van der Waals surface area contributed by atoms with E-state index in [0.717, 1.165) is 26.2 Å². The van der Waals surface area contributed by atoms with Crippen LogP contribution >= 0.6 is 0 Å². The summed E-state index contributed by atoms with van der Waals surface area (Å²) < 4.78 is 0. The number of aryl methyl sites for hydroxylation is 2. The third-order valence-corrected chi connectivity index (χ3v) is 2.55. The molecule has 0 amide bonds. The fraction of sp³-hybridized carbons (Fsp3) is 0.538. The third-order valence-electron chi connectivity index (χ3n) is 2.55. The predicted octanol–water partition coefficient (Wildman–Crippen LogP) is 2.00. The molecule has 0 atom stereocenters. The molecular formula is C13H22N2. The molecule has 2 nitrogen and oxygen atoms in total. The average Bonchev–Trinajstić information content (AvgIpc) is 2.23. The van der Waals surface area contributed by atoms with E-state index in [-0.39, 0.29) is 0 Å². The van der Waals surface area contributed by atoms with Crippen LogP contribution in [0.2, 0.25) is 0 Å². The molecule has 1 rings (SSSR count). The second-order valence-corrected chi connectivity index (χ2v) is 3.96. The molecule has 15 heavy (non-hydrogen) atoms. The zero-order valence-electron chi connectivity index (χ0n) is 10.1. The number of benzene rings is 1. The molecular weight excluding hydrogens is 184 g/mol. The van der Waals surface area contributed by atoms with Gasteiger partial charge in [0.05, 0.1) is 0 Å². The van der Waals surface area contributed by atoms with Gasteiger partial charge in [-0.15, -0.1) is 0 Å². The largest absolute Gasteiger partial charge is 0.316 e. The molecule has 0 spiro atoms. The summed E-state index contributed by atoms with van der Waals surface area (Å²) in [5.74, 6) is 0. The summed E-state index contributed by atoms with van der Waals surface area (Å²) in [5.41, 5.74) is 4.12. The molecule has 0 unspecified atom stereocenters. The maximum absolute atomic E-state index is 3.44. The van der Waals surface area contributed by atoms with Crippen molar-refractivity contribution in [1.29, 1.82) is 0 Å². The van der Waals surface area contributed by atoms with Gasteiger partial charge in [0, 0.05) is 19.6 Å². The molecule has 0 heterocycles. The summed E-state index contributed by atoms with van der Waals surface area (Å²) in [7, 11) is 0. The minimum Gasteiger partial charge on any atom is -0.316 e. The summed E-state index contributed by atoms with van der Waals surface area (Å²) in [6.45, 7) is 10.5. The Labute approximate surface area is 93.1 Å². The molecule has 2 N–H and O–H groups in total. The van der Waals surface area contributed by atoms with Crippen molar-refractivity contribution in [2.45, 2.75) is 27.3 Å². The molecule has 0 aliphatic rings. The smallest absolute Gasteiger partial charge is 0.0208 e. The Morgan fingerprint density at radius 1 is 1.07 bits per heavy atom. The lowest BCUT2D eigenvalue weighted by atomic mass is 10.1. The maximum Gasteiger partial charge on any atom is 0.0208 e. The quantitative estimate of drug-likeness (QED) is 0.696. The Bertz CT molecular complexity index is 295. The highest BCUT2D eigenvalue weighted by Crippen LogP contribution is 2.09. The lowest BCUT2D eigenvalue weighted by Gasteiger charge is -2.09. The van der Waals surface area contributed by atoms with Gasteiger partial charge >= 0.3 is 0 Å². The minimum atomic E-state index is 0.971. The zero-order chi connectivity index (χ0) is 11.1. The van der Waals surface area contributed by atoms with Gasteiger partial charge < -0.3 is 10.6 Å². The lowest BCUT2D eigenvalue weighted by Crippen LogP contribution is -2.26. The Balaban J connectivity index is 2.33. The van der Waals surface area contributed by atoms with Crippen LogP contribution in [0.4, 0.5) is 0 Å². The average molecular weight is 206 g/mol. The lowest BCUT2D eigenvalue weighted by molar-refractivity contribution is 0.623. The maximum atomic E-state index is 3.44. The third kappa shape index (κ3) is 4.45. The molecule has 0 aliphatic carbocycles. The van der Waals surface area contributed by atoms with Crippen LogP contribution < -0.4 is 10.6 Å². The fourth-order valence-corrected chi connectivity index (χ4v) is 1.57. The molecule has 0 saturated carbocycles. The standard InChI is InChI=1S/C13H22N2/c1-4-14-7-8-15-10-13-9-11(2)5-6-12(13)3/h5-6,9,14-15H,4,7-8,10H2,1-3H3. The second-order valence-electron chi connectivity index (χ2n) is 3.96. The van der Waals surface area contributed by atoms with Crippen molar-refractivity contribution in [3.05, 3.63) is 34.9 Å². The van der Waals surface area contributed by atoms with Gasteiger partial charge in [-0.1, -0.05) is 30.7 Å². The van der Waals surface area contributed by atoms with Crippen molar-refractivity contribution in [1.82, 2.24) is 10.6 Å². The van der Waals surface area contributed by atoms with Gasteiger partial charge in [0.2, 0.25) is 0 Å². The van der Waals surface area contributed by atoms with Crippen molar-refractivity contribution in [2.24, 2.45) is 0 Å². The van der Waals surface area contributed by atoms with Gasteiger partial charge in [0.15, 0.2) is 0 Å². The van der Waals surface area contributed by atoms with Crippen molar-refractivity contribution in [2.75, 3.05) is 19.6 Å². The SMILES string of the molecule is CCNCCNCc1cc(C)ccc1C. The van der Waals surface area contributed by atoms with Crippen LogP contribution in [0.25, 0.3) is 0 Å². The molecule has 0 radical (unpaired) electrons. The Morgan fingerprint density at radius 3 is 2.53 bits per heavy atom. The van der Waals surface area contributed by atoms with Crippen molar-refractivity contribution in [3.63, 3.8) is 0 Å². The van der Waals surface area contributed by atoms with E-state index < -0.39 is 0 Å². The first-order valence-electron chi connectivity index (χ1n) is 5.71. The molecule has 1 aromatic carbocycles. The number of nitrogens with one attached hydrogen (secondary N) is 2. The molecule has 0 fully saturated rings. The monoisotopic (exact) mass is 206 g/mol. The van der Waals surface area contributed by atoms with E-state index in [1.807, 2.05) is 0 Å². The van der Waals surface area contributed by atoms with Gasteiger partial charge in [-0.2, -0.15) is 0 Å². The molecule has 0 saturated heterocycles. The Kier molecular flexibility index (Phi) is 5.37. The van der Waals surface area contributed by atoms with Crippen LogP contribution in [0.1, 0.15) is 23.6 Å². The predicted molar refractivity (Wildman–Crippen MR) is 66.2 cm³/mol. The zero-order valence-corrected chi connectivity index (χ0v) is 10.1. The number of rotatable bonds is 6. The van der Waals surface area contributed by atoms with Crippen LogP contribution in [0, 0.1) is 13.8 Å². The molecule has 0 bridgehead atoms. The molecule has 84 valence electrons. The minimum absolute atomic E-state index is 0.971. The first-order valence-corrected chi connectivity index (χ1v) is 5.71. The number of likely N-dealkylation sites (N-methyl/N-ethyl adjacent to an activating group) is 1. The van der Waals surface area contributed by atoms with Gasteiger partial charge in [-0.05, 0) is 31.5 Å². The highest BCUT2D eigenvalue weighted by molar-refractivity contribution is 5.30. The molecule has 0 aromatic heterocycles. The highest BCUT2D eigenvalue weighted by atomic mass is 14.9. The molecule has 1 aromatic rings. The molecule has 2 heteroatoms. The first kappa shape index (κ1) is 12.2. The van der Waals surface area contributed by atoms with Crippen molar-refractivity contribution in [3.8, 4) is 0 Å².